The Bertz CT molecular complexity index is 1520. The SMILES string of the molecule is C[C@H](NC(=O)OCc1ccccc1)C(=O)n1cc(C[C@H](NC(=O)CC[NH3+])C(=O)OCc2ccccc2)c2ccccc21. The first kappa shape index (κ1) is 30.0. The summed E-state index contributed by atoms with van der Waals surface area (Å²) < 4.78 is 12.2. The Morgan fingerprint density at radius 3 is 2.05 bits per heavy atom. The molecule has 0 saturated heterocycles. The fourth-order valence-electron chi connectivity index (χ4n) is 4.48. The topological polar surface area (TPSA) is 143 Å². The molecular formula is C32H35N4O6+. The van der Waals surface area contributed by atoms with Crippen molar-refractivity contribution in [2.45, 2.75) is 45.1 Å². The summed E-state index contributed by atoms with van der Waals surface area (Å²) in [4.78, 5) is 51.4. The average Bonchev–Trinajstić information content (AvgIpc) is 3.37. The molecule has 42 heavy (non-hydrogen) atoms. The highest BCUT2D eigenvalue weighted by molar-refractivity contribution is 5.98. The first-order valence-electron chi connectivity index (χ1n) is 13.7. The lowest BCUT2D eigenvalue weighted by Gasteiger charge is -2.17. The fraction of sp³-hybridized carbons (Fsp3) is 0.250. The quantitative estimate of drug-likeness (QED) is 0.223. The van der Waals surface area contributed by atoms with Gasteiger partial charge in [0.2, 0.25) is 5.91 Å². The van der Waals surface area contributed by atoms with Gasteiger partial charge in [0, 0.05) is 18.0 Å². The minimum absolute atomic E-state index is 0.0607. The molecule has 0 spiro atoms. The van der Waals surface area contributed by atoms with Crippen molar-refractivity contribution in [3.05, 3.63) is 108 Å². The highest BCUT2D eigenvalue weighted by Gasteiger charge is 2.27. The minimum Gasteiger partial charge on any atom is -0.459 e. The fourth-order valence-corrected chi connectivity index (χ4v) is 4.48. The van der Waals surface area contributed by atoms with E-state index in [2.05, 4.69) is 16.4 Å². The predicted octanol–water partition coefficient (Wildman–Crippen LogP) is 3.00. The van der Waals surface area contributed by atoms with E-state index in [1.807, 2.05) is 72.8 Å². The molecular weight excluding hydrogens is 536 g/mol. The molecule has 10 nitrogen and oxygen atoms in total. The molecule has 0 bridgehead atoms. The Morgan fingerprint density at radius 2 is 1.40 bits per heavy atom. The second-order valence-corrected chi connectivity index (χ2v) is 9.83. The molecule has 0 unspecified atom stereocenters. The summed E-state index contributed by atoms with van der Waals surface area (Å²) in [6.45, 7) is 2.09. The summed E-state index contributed by atoms with van der Waals surface area (Å²) in [6, 6.07) is 23.8. The van der Waals surface area contributed by atoms with Crippen LogP contribution in [0.15, 0.2) is 91.1 Å². The summed E-state index contributed by atoms with van der Waals surface area (Å²) >= 11 is 0. The number of ether oxygens (including phenoxy) is 2. The maximum atomic E-state index is 13.4. The van der Waals surface area contributed by atoms with Crippen LogP contribution in [0.2, 0.25) is 0 Å². The van der Waals surface area contributed by atoms with E-state index in [1.165, 1.54) is 4.57 Å². The van der Waals surface area contributed by atoms with E-state index in [1.54, 1.807) is 25.3 Å². The van der Waals surface area contributed by atoms with Crippen LogP contribution in [0.1, 0.15) is 34.8 Å². The molecule has 3 aromatic carbocycles. The number of fused-ring (bicyclic) bond motifs is 1. The number of aromatic nitrogens is 1. The van der Waals surface area contributed by atoms with Gasteiger partial charge in [-0.15, -0.1) is 0 Å². The molecule has 4 aromatic rings. The monoisotopic (exact) mass is 571 g/mol. The van der Waals surface area contributed by atoms with Crippen LogP contribution in [0.3, 0.4) is 0 Å². The Labute approximate surface area is 243 Å². The van der Waals surface area contributed by atoms with Crippen molar-refractivity contribution in [2.75, 3.05) is 6.54 Å². The Morgan fingerprint density at radius 1 is 0.810 bits per heavy atom. The minimum atomic E-state index is -0.981. The number of benzene rings is 3. The summed E-state index contributed by atoms with van der Waals surface area (Å²) in [5.74, 6) is -1.30. The Balaban J connectivity index is 1.50. The molecule has 4 rings (SSSR count). The number of hydrogen-bond donors (Lipinski definition) is 3. The zero-order chi connectivity index (χ0) is 29.9. The maximum Gasteiger partial charge on any atom is 0.408 e. The van der Waals surface area contributed by atoms with Gasteiger partial charge in [-0.3, -0.25) is 14.2 Å². The van der Waals surface area contributed by atoms with E-state index < -0.39 is 30.1 Å². The number of quaternary nitrogens is 1. The molecule has 1 aromatic heterocycles. The van der Waals surface area contributed by atoms with E-state index in [0.717, 1.165) is 16.5 Å². The van der Waals surface area contributed by atoms with Crippen molar-refractivity contribution >= 4 is 34.8 Å². The van der Waals surface area contributed by atoms with Gasteiger partial charge in [-0.05, 0) is 29.7 Å². The van der Waals surface area contributed by atoms with Crippen LogP contribution in [0.4, 0.5) is 4.79 Å². The number of carbonyl (C=O) groups excluding carboxylic acids is 4. The standard InChI is InChI=1S/C32H34N4O6/c1-22(34-32(40)42-21-24-12-6-3-7-13-24)30(38)36-19-25(26-14-8-9-15-28(26)36)18-27(35-29(37)16-17-33)31(39)41-20-23-10-4-2-5-11-23/h2-15,19,22,27H,16-18,20-21,33H2,1H3,(H,34,40)(H,35,37)/p+1/t22-,27-/m0/s1. The van der Waals surface area contributed by atoms with E-state index >= 15 is 0 Å². The number of hydrogen-bond acceptors (Lipinski definition) is 6. The third kappa shape index (κ3) is 8.05. The van der Waals surface area contributed by atoms with Gasteiger partial charge in [0.25, 0.3) is 5.91 Å². The van der Waals surface area contributed by atoms with E-state index in [9.17, 15) is 19.2 Å². The molecule has 218 valence electrons. The number of amides is 2. The van der Waals surface area contributed by atoms with Crippen LogP contribution < -0.4 is 16.4 Å². The van der Waals surface area contributed by atoms with Gasteiger partial charge in [0.1, 0.15) is 25.3 Å². The highest BCUT2D eigenvalue weighted by atomic mass is 16.5. The summed E-state index contributed by atoms with van der Waals surface area (Å²) in [6.07, 6.45) is 1.17. The molecule has 0 aliphatic heterocycles. The van der Waals surface area contributed by atoms with Crippen molar-refractivity contribution in [1.82, 2.24) is 15.2 Å². The van der Waals surface area contributed by atoms with E-state index in [4.69, 9.17) is 9.47 Å². The van der Waals surface area contributed by atoms with Gasteiger partial charge in [-0.25, -0.2) is 9.59 Å². The van der Waals surface area contributed by atoms with E-state index in [-0.39, 0.29) is 32.0 Å². The first-order chi connectivity index (χ1) is 20.4. The van der Waals surface area contributed by atoms with Gasteiger partial charge in [-0.2, -0.15) is 0 Å². The molecule has 5 N–H and O–H groups in total. The van der Waals surface area contributed by atoms with Crippen LogP contribution in [0.25, 0.3) is 10.9 Å². The number of nitrogens with zero attached hydrogens (tertiary/aromatic N) is 1. The van der Waals surface area contributed by atoms with Gasteiger partial charge in [-0.1, -0.05) is 78.9 Å². The summed E-state index contributed by atoms with van der Waals surface area (Å²) in [5, 5.41) is 6.08. The number of esters is 1. The van der Waals surface area contributed by atoms with Gasteiger partial charge in [0.15, 0.2) is 0 Å². The molecule has 2 atom stereocenters. The van der Waals surface area contributed by atoms with Crippen LogP contribution in [0, 0.1) is 0 Å². The Hall–Kier alpha value is -4.96. The molecule has 1 heterocycles. The smallest absolute Gasteiger partial charge is 0.408 e. The van der Waals surface area contributed by atoms with Gasteiger partial charge < -0.3 is 25.8 Å². The zero-order valence-corrected chi connectivity index (χ0v) is 23.5. The van der Waals surface area contributed by atoms with Crippen molar-refractivity contribution in [2.24, 2.45) is 0 Å². The third-order valence-electron chi connectivity index (χ3n) is 6.62. The second-order valence-electron chi connectivity index (χ2n) is 9.83. The van der Waals surface area contributed by atoms with Crippen LogP contribution in [0.5, 0.6) is 0 Å². The highest BCUT2D eigenvalue weighted by Crippen LogP contribution is 2.24. The zero-order valence-electron chi connectivity index (χ0n) is 23.5. The van der Waals surface area contributed by atoms with Gasteiger partial charge in [0.05, 0.1) is 18.5 Å². The second kappa shape index (κ2) is 14.6. The van der Waals surface area contributed by atoms with Gasteiger partial charge >= 0.3 is 12.1 Å². The number of rotatable bonds is 12. The summed E-state index contributed by atoms with van der Waals surface area (Å²) in [7, 11) is 0. The van der Waals surface area contributed by atoms with Crippen molar-refractivity contribution in [3.8, 4) is 0 Å². The lowest BCUT2D eigenvalue weighted by atomic mass is 10.0. The third-order valence-corrected chi connectivity index (χ3v) is 6.62. The normalized spacial score (nSPS) is 12.2. The molecule has 2 amide bonds. The van der Waals surface area contributed by atoms with Crippen LogP contribution in [-0.4, -0.2) is 47.1 Å². The average molecular weight is 572 g/mol. The van der Waals surface area contributed by atoms with Crippen molar-refractivity contribution in [3.63, 3.8) is 0 Å². The lowest BCUT2D eigenvalue weighted by molar-refractivity contribution is -0.366. The number of para-hydroxylation sites is 1. The van der Waals surface area contributed by atoms with E-state index in [0.29, 0.717) is 17.6 Å². The largest absolute Gasteiger partial charge is 0.459 e. The predicted molar refractivity (Wildman–Crippen MR) is 156 cm³/mol. The molecule has 0 saturated carbocycles. The molecule has 0 aliphatic rings. The number of nitrogens with one attached hydrogen (secondary N) is 2. The maximum absolute atomic E-state index is 13.4. The molecule has 0 aliphatic carbocycles. The Kier molecular flexibility index (Phi) is 10.4. The summed E-state index contributed by atoms with van der Waals surface area (Å²) in [5.41, 5.74) is 6.62. The lowest BCUT2D eigenvalue weighted by Crippen LogP contribution is -2.53. The molecule has 0 fully saturated rings. The molecule has 0 radical (unpaired) electrons. The van der Waals surface area contributed by atoms with Crippen molar-refractivity contribution in [1.29, 1.82) is 0 Å². The molecule has 10 heteroatoms. The number of alkyl carbamates (subject to hydrolysis) is 1. The first-order valence-corrected chi connectivity index (χ1v) is 13.7. The van der Waals surface area contributed by atoms with Crippen LogP contribution in [-0.2, 0) is 38.7 Å². The van der Waals surface area contributed by atoms with Crippen LogP contribution >= 0.6 is 0 Å². The van der Waals surface area contributed by atoms with Crippen molar-refractivity contribution < 1.29 is 34.4 Å². The number of carbonyl (C=O) groups is 4.